The molecular weight excluding hydrogens is 558 g/mol. The molecule has 10 aromatic rings. The lowest BCUT2D eigenvalue weighted by Gasteiger charge is -2.18. The third kappa shape index (κ3) is 3.63. The zero-order valence-electron chi connectivity index (χ0n) is 24.8. The molecule has 0 bridgehead atoms. The molecule has 9 aromatic carbocycles. The van der Waals surface area contributed by atoms with Crippen molar-refractivity contribution in [2.24, 2.45) is 0 Å². The van der Waals surface area contributed by atoms with Crippen LogP contribution in [0.4, 0.5) is 0 Å². The molecule has 1 aromatic heterocycles. The van der Waals surface area contributed by atoms with E-state index in [-0.39, 0.29) is 0 Å². The number of fused-ring (bicyclic) bond motifs is 2. The highest BCUT2D eigenvalue weighted by molar-refractivity contribution is 6.37. The van der Waals surface area contributed by atoms with Gasteiger partial charge in [-0.3, -0.25) is 0 Å². The maximum atomic E-state index is 5.15. The predicted molar refractivity (Wildman–Crippen MR) is 192 cm³/mol. The SMILES string of the molecule is c1ccc(-c2nc(-c3ccccc3)nc(-c3cc4cccc5c6cccc7ccc8cccc(c9cccc3c9c45)c8c76)n2)cc1. The lowest BCUT2D eigenvalue weighted by Crippen LogP contribution is -2.01. The fourth-order valence-electron chi connectivity index (χ4n) is 7.42. The highest BCUT2D eigenvalue weighted by atomic mass is 15.0. The molecule has 212 valence electrons. The smallest absolute Gasteiger partial charge is 0.164 e. The second-order valence-corrected chi connectivity index (χ2v) is 12.0. The van der Waals surface area contributed by atoms with Gasteiger partial charge < -0.3 is 0 Å². The van der Waals surface area contributed by atoms with Crippen LogP contribution >= 0.6 is 0 Å². The van der Waals surface area contributed by atoms with Crippen LogP contribution in [-0.4, -0.2) is 15.0 Å². The van der Waals surface area contributed by atoms with E-state index in [4.69, 9.17) is 15.0 Å². The van der Waals surface area contributed by atoms with Crippen molar-refractivity contribution in [3.8, 4) is 34.2 Å². The molecule has 46 heavy (non-hydrogen) atoms. The number of hydrogen-bond donors (Lipinski definition) is 0. The first kappa shape index (κ1) is 25.2. The normalized spacial score (nSPS) is 11.9. The molecule has 0 atom stereocenters. The molecule has 0 saturated heterocycles. The Labute approximate surface area is 264 Å². The van der Waals surface area contributed by atoms with Crippen LogP contribution in [0.3, 0.4) is 0 Å². The van der Waals surface area contributed by atoms with Crippen molar-refractivity contribution in [3.05, 3.63) is 152 Å². The Hall–Kier alpha value is -6.19. The van der Waals surface area contributed by atoms with Gasteiger partial charge in [-0.2, -0.15) is 0 Å². The number of nitrogens with zero attached hydrogens (tertiary/aromatic N) is 3. The Morgan fingerprint density at radius 3 is 1.24 bits per heavy atom. The average Bonchev–Trinajstić information content (AvgIpc) is 3.13. The van der Waals surface area contributed by atoms with Gasteiger partial charge in [-0.15, -0.1) is 0 Å². The molecule has 0 aliphatic heterocycles. The summed E-state index contributed by atoms with van der Waals surface area (Å²) in [5.41, 5.74) is 2.92. The molecule has 0 spiro atoms. The molecule has 0 saturated carbocycles. The van der Waals surface area contributed by atoms with E-state index < -0.39 is 0 Å². The predicted octanol–water partition coefficient (Wildman–Crippen LogP) is 11.2. The molecule has 10 rings (SSSR count). The Morgan fingerprint density at radius 1 is 0.283 bits per heavy atom. The summed E-state index contributed by atoms with van der Waals surface area (Å²) in [6.45, 7) is 0. The number of benzene rings is 8. The minimum atomic E-state index is 0.661. The van der Waals surface area contributed by atoms with E-state index in [0.717, 1.165) is 22.1 Å². The van der Waals surface area contributed by atoms with E-state index in [1.165, 1.54) is 59.2 Å². The zero-order valence-corrected chi connectivity index (χ0v) is 24.8. The summed E-state index contributed by atoms with van der Waals surface area (Å²) in [6.07, 6.45) is 0. The van der Waals surface area contributed by atoms with Gasteiger partial charge in [-0.1, -0.05) is 146 Å². The van der Waals surface area contributed by atoms with Gasteiger partial charge in [-0.25, -0.2) is 15.0 Å². The van der Waals surface area contributed by atoms with Gasteiger partial charge in [0.2, 0.25) is 0 Å². The third-order valence-electron chi connectivity index (χ3n) is 9.41. The van der Waals surface area contributed by atoms with Crippen molar-refractivity contribution in [2.75, 3.05) is 0 Å². The fraction of sp³-hybridized carbons (Fsp3) is 0. The Kier molecular flexibility index (Phi) is 5.28. The molecule has 1 heterocycles. The molecule has 0 unspecified atom stereocenters. The fourth-order valence-corrected chi connectivity index (χ4v) is 7.42. The molecular formula is C43H25N3. The van der Waals surface area contributed by atoms with E-state index in [9.17, 15) is 0 Å². The van der Waals surface area contributed by atoms with Crippen molar-refractivity contribution in [3.63, 3.8) is 0 Å². The van der Waals surface area contributed by atoms with E-state index in [2.05, 4.69) is 115 Å². The van der Waals surface area contributed by atoms with Crippen molar-refractivity contribution >= 4 is 64.6 Å². The minimum Gasteiger partial charge on any atom is -0.208 e. The maximum absolute atomic E-state index is 5.15. The molecule has 0 amide bonds. The minimum absolute atomic E-state index is 0.661. The molecule has 0 aliphatic rings. The van der Waals surface area contributed by atoms with E-state index in [0.29, 0.717) is 17.5 Å². The van der Waals surface area contributed by atoms with Gasteiger partial charge in [-0.05, 0) is 70.7 Å². The summed E-state index contributed by atoms with van der Waals surface area (Å²) in [5.74, 6) is 1.99. The lowest BCUT2D eigenvalue weighted by molar-refractivity contribution is 1.08. The van der Waals surface area contributed by atoms with E-state index in [1.54, 1.807) is 0 Å². The van der Waals surface area contributed by atoms with E-state index >= 15 is 0 Å². The summed E-state index contributed by atoms with van der Waals surface area (Å²) in [7, 11) is 0. The highest BCUT2D eigenvalue weighted by Gasteiger charge is 2.20. The summed E-state index contributed by atoms with van der Waals surface area (Å²) in [5, 5.41) is 14.9. The van der Waals surface area contributed by atoms with Crippen LogP contribution in [0.1, 0.15) is 0 Å². The monoisotopic (exact) mass is 583 g/mol. The Balaban J connectivity index is 1.41. The highest BCUT2D eigenvalue weighted by Crippen LogP contribution is 2.45. The number of aromatic nitrogens is 3. The molecule has 3 heteroatoms. The molecule has 0 aliphatic carbocycles. The van der Waals surface area contributed by atoms with Gasteiger partial charge in [0.15, 0.2) is 17.5 Å². The first-order valence-corrected chi connectivity index (χ1v) is 15.6. The largest absolute Gasteiger partial charge is 0.208 e. The summed E-state index contributed by atoms with van der Waals surface area (Å²) in [6, 6.07) is 53.9. The number of hydrogen-bond acceptors (Lipinski definition) is 3. The third-order valence-corrected chi connectivity index (χ3v) is 9.41. The number of rotatable bonds is 3. The standard InChI is InChI=1S/C43H25N3/c1-3-11-28(12-4-1)41-44-42(29-13-5-2-6-14-29)46-43(45-41)36-25-30-17-9-20-32-31-18-7-15-26-23-24-27-16-8-19-33(38(27)37(26)31)34-21-10-22-35(36)40(34)39(30)32/h1-25H. The van der Waals surface area contributed by atoms with Crippen molar-refractivity contribution in [2.45, 2.75) is 0 Å². The first-order chi connectivity index (χ1) is 22.8. The van der Waals surface area contributed by atoms with Crippen LogP contribution < -0.4 is 0 Å². The van der Waals surface area contributed by atoms with Gasteiger partial charge in [0.1, 0.15) is 0 Å². The second-order valence-electron chi connectivity index (χ2n) is 12.0. The van der Waals surface area contributed by atoms with Crippen molar-refractivity contribution in [1.82, 2.24) is 15.0 Å². The van der Waals surface area contributed by atoms with Crippen LogP contribution in [0, 0.1) is 0 Å². The van der Waals surface area contributed by atoms with Gasteiger partial charge in [0.05, 0.1) is 0 Å². The van der Waals surface area contributed by atoms with Crippen LogP contribution in [0.25, 0.3) is 98.8 Å². The zero-order chi connectivity index (χ0) is 30.2. The van der Waals surface area contributed by atoms with Crippen LogP contribution in [-0.2, 0) is 0 Å². The van der Waals surface area contributed by atoms with Crippen molar-refractivity contribution in [1.29, 1.82) is 0 Å². The molecule has 0 N–H and O–H groups in total. The molecule has 0 fully saturated rings. The van der Waals surface area contributed by atoms with Gasteiger partial charge in [0, 0.05) is 16.7 Å². The topological polar surface area (TPSA) is 38.7 Å². The van der Waals surface area contributed by atoms with E-state index in [1.807, 2.05) is 36.4 Å². The summed E-state index contributed by atoms with van der Waals surface area (Å²) < 4.78 is 0. The molecule has 0 radical (unpaired) electrons. The summed E-state index contributed by atoms with van der Waals surface area (Å²) >= 11 is 0. The Morgan fingerprint density at radius 2 is 0.696 bits per heavy atom. The van der Waals surface area contributed by atoms with Crippen LogP contribution in [0.2, 0.25) is 0 Å². The lowest BCUT2D eigenvalue weighted by atomic mass is 9.86. The Bertz CT molecular complexity index is 2730. The van der Waals surface area contributed by atoms with Gasteiger partial charge in [0.25, 0.3) is 0 Å². The van der Waals surface area contributed by atoms with Crippen LogP contribution in [0.15, 0.2) is 152 Å². The van der Waals surface area contributed by atoms with Crippen LogP contribution in [0.5, 0.6) is 0 Å². The first-order valence-electron chi connectivity index (χ1n) is 15.6. The second kappa shape index (κ2) is 9.65. The van der Waals surface area contributed by atoms with Crippen molar-refractivity contribution < 1.29 is 0 Å². The maximum Gasteiger partial charge on any atom is 0.164 e. The average molecular weight is 584 g/mol. The van der Waals surface area contributed by atoms with Gasteiger partial charge >= 0.3 is 0 Å². The summed E-state index contributed by atoms with van der Waals surface area (Å²) in [4.78, 5) is 15.3. The molecule has 3 nitrogen and oxygen atoms in total. The quantitative estimate of drug-likeness (QED) is 0.194.